The average Bonchev–Trinajstić information content (AvgIpc) is 3.02. The topological polar surface area (TPSA) is 50.4 Å². The van der Waals surface area contributed by atoms with Crippen molar-refractivity contribution >= 4 is 29.7 Å². The SMILES string of the molecule is COCC1(CNC(=O)C2CCCc3sccc32)CCNCC1.Cl. The lowest BCUT2D eigenvalue weighted by Gasteiger charge is -2.37. The largest absolute Gasteiger partial charge is 0.384 e. The quantitative estimate of drug-likeness (QED) is 0.850. The second-order valence-electron chi connectivity index (χ2n) is 6.64. The number of thiophene rings is 1. The molecule has 3 rings (SSSR count). The van der Waals surface area contributed by atoms with Crippen molar-refractivity contribution in [3.63, 3.8) is 0 Å². The molecular formula is C17H27ClN2O2S. The highest BCUT2D eigenvalue weighted by atomic mass is 35.5. The summed E-state index contributed by atoms with van der Waals surface area (Å²) in [5, 5.41) is 8.75. The van der Waals surface area contributed by atoms with Gasteiger partial charge in [0.1, 0.15) is 0 Å². The Kier molecular flexibility index (Phi) is 6.89. The van der Waals surface area contributed by atoms with Crippen LogP contribution in [0.2, 0.25) is 0 Å². The minimum absolute atomic E-state index is 0. The number of nitrogens with one attached hydrogen (secondary N) is 2. The normalized spacial score (nSPS) is 22.7. The van der Waals surface area contributed by atoms with Gasteiger partial charge in [-0.1, -0.05) is 0 Å². The van der Waals surface area contributed by atoms with Crippen LogP contribution in [0.25, 0.3) is 0 Å². The minimum Gasteiger partial charge on any atom is -0.384 e. The van der Waals surface area contributed by atoms with Gasteiger partial charge in [-0.3, -0.25) is 4.79 Å². The summed E-state index contributed by atoms with van der Waals surface area (Å²) in [6.45, 7) is 3.48. The molecule has 0 aromatic carbocycles. The zero-order valence-electron chi connectivity index (χ0n) is 13.7. The van der Waals surface area contributed by atoms with Gasteiger partial charge in [0.15, 0.2) is 0 Å². The Labute approximate surface area is 148 Å². The number of fused-ring (bicyclic) bond motifs is 1. The molecule has 1 aliphatic heterocycles. The Bertz CT molecular complexity index is 509. The van der Waals surface area contributed by atoms with Crippen LogP contribution in [0.4, 0.5) is 0 Å². The second-order valence-corrected chi connectivity index (χ2v) is 7.65. The monoisotopic (exact) mass is 358 g/mol. The summed E-state index contributed by atoms with van der Waals surface area (Å²) in [6, 6.07) is 2.14. The lowest BCUT2D eigenvalue weighted by atomic mass is 9.79. The van der Waals surface area contributed by atoms with Gasteiger partial charge in [0.05, 0.1) is 12.5 Å². The first-order valence-corrected chi connectivity index (χ1v) is 9.16. The maximum absolute atomic E-state index is 12.7. The van der Waals surface area contributed by atoms with Crippen molar-refractivity contribution in [1.29, 1.82) is 0 Å². The van der Waals surface area contributed by atoms with Crippen molar-refractivity contribution in [2.24, 2.45) is 5.41 Å². The first-order valence-electron chi connectivity index (χ1n) is 8.28. The number of methoxy groups -OCH3 is 1. The molecule has 1 fully saturated rings. The molecule has 2 aliphatic rings. The van der Waals surface area contributed by atoms with Crippen LogP contribution in [0.5, 0.6) is 0 Å². The summed E-state index contributed by atoms with van der Waals surface area (Å²) in [5.41, 5.74) is 1.36. The number of piperidine rings is 1. The molecule has 2 heterocycles. The first kappa shape index (κ1) is 18.7. The van der Waals surface area contributed by atoms with Crippen LogP contribution < -0.4 is 10.6 Å². The number of halogens is 1. The molecule has 1 unspecified atom stereocenters. The average molecular weight is 359 g/mol. The third-order valence-corrected chi connectivity index (χ3v) is 6.12. The lowest BCUT2D eigenvalue weighted by Crippen LogP contribution is -2.48. The molecule has 6 heteroatoms. The number of hydrogen-bond donors (Lipinski definition) is 2. The number of carbonyl (C=O) groups is 1. The maximum atomic E-state index is 12.7. The van der Waals surface area contributed by atoms with E-state index < -0.39 is 0 Å². The molecule has 1 aromatic heterocycles. The Morgan fingerprint density at radius 1 is 1.48 bits per heavy atom. The standard InChI is InChI=1S/C17H26N2O2S.ClH/c1-21-12-17(6-8-18-9-7-17)11-19-16(20)14-3-2-4-15-13(14)5-10-22-15;/h5,10,14,18H,2-4,6-9,11-12H2,1H3,(H,19,20);1H. The van der Waals surface area contributed by atoms with E-state index in [1.54, 1.807) is 18.4 Å². The number of hydrogen-bond acceptors (Lipinski definition) is 4. The van der Waals surface area contributed by atoms with Gasteiger partial charge in [-0.25, -0.2) is 0 Å². The molecule has 1 aliphatic carbocycles. The van der Waals surface area contributed by atoms with Crippen LogP contribution in [0, 0.1) is 5.41 Å². The van der Waals surface area contributed by atoms with Gasteiger partial charge in [-0.15, -0.1) is 23.7 Å². The highest BCUT2D eigenvalue weighted by molar-refractivity contribution is 7.10. The summed E-state index contributed by atoms with van der Waals surface area (Å²) in [6.07, 6.45) is 5.37. The summed E-state index contributed by atoms with van der Waals surface area (Å²) in [4.78, 5) is 14.1. The highest BCUT2D eigenvalue weighted by Gasteiger charge is 2.34. The van der Waals surface area contributed by atoms with Crippen LogP contribution in [0.3, 0.4) is 0 Å². The van der Waals surface area contributed by atoms with Crippen LogP contribution in [0.15, 0.2) is 11.4 Å². The first-order chi connectivity index (χ1) is 10.7. The van der Waals surface area contributed by atoms with Crippen molar-refractivity contribution < 1.29 is 9.53 Å². The molecule has 0 bridgehead atoms. The molecule has 1 atom stereocenters. The second kappa shape index (κ2) is 8.47. The van der Waals surface area contributed by atoms with Crippen LogP contribution in [-0.2, 0) is 16.0 Å². The fraction of sp³-hybridized carbons (Fsp3) is 0.706. The molecule has 130 valence electrons. The molecule has 0 spiro atoms. The van der Waals surface area contributed by atoms with Crippen molar-refractivity contribution in [3.05, 3.63) is 21.9 Å². The molecule has 1 aromatic rings. The van der Waals surface area contributed by atoms with Crippen molar-refractivity contribution in [3.8, 4) is 0 Å². The van der Waals surface area contributed by atoms with E-state index in [0.717, 1.165) is 58.3 Å². The molecule has 23 heavy (non-hydrogen) atoms. The van der Waals surface area contributed by atoms with Gasteiger partial charge in [0.2, 0.25) is 5.91 Å². The third-order valence-electron chi connectivity index (χ3n) is 5.12. The van der Waals surface area contributed by atoms with Gasteiger partial charge in [0, 0.05) is 23.9 Å². The predicted octanol–water partition coefficient (Wildman–Crippen LogP) is 2.72. The van der Waals surface area contributed by atoms with E-state index in [0.29, 0.717) is 0 Å². The van der Waals surface area contributed by atoms with Crippen molar-refractivity contribution in [2.45, 2.75) is 38.0 Å². The molecule has 0 radical (unpaired) electrons. The summed E-state index contributed by atoms with van der Waals surface area (Å²) in [5.74, 6) is 0.254. The summed E-state index contributed by atoms with van der Waals surface area (Å²) >= 11 is 1.79. The number of carbonyl (C=O) groups excluding carboxylic acids is 1. The third kappa shape index (κ3) is 4.27. The minimum atomic E-state index is 0. The Hall–Kier alpha value is -0.620. The zero-order chi connectivity index (χ0) is 15.4. The Morgan fingerprint density at radius 3 is 3.00 bits per heavy atom. The van der Waals surface area contributed by atoms with E-state index in [2.05, 4.69) is 22.1 Å². The van der Waals surface area contributed by atoms with E-state index in [-0.39, 0.29) is 29.6 Å². The van der Waals surface area contributed by atoms with E-state index >= 15 is 0 Å². The fourth-order valence-corrected chi connectivity index (χ4v) is 4.78. The smallest absolute Gasteiger partial charge is 0.227 e. The van der Waals surface area contributed by atoms with Crippen LogP contribution >= 0.6 is 23.7 Å². The van der Waals surface area contributed by atoms with E-state index in [4.69, 9.17) is 4.74 Å². The van der Waals surface area contributed by atoms with Crippen molar-refractivity contribution in [2.75, 3.05) is 33.4 Å². The van der Waals surface area contributed by atoms with Gasteiger partial charge in [-0.2, -0.15) is 0 Å². The van der Waals surface area contributed by atoms with Crippen molar-refractivity contribution in [1.82, 2.24) is 10.6 Å². The number of rotatable bonds is 5. The zero-order valence-corrected chi connectivity index (χ0v) is 15.4. The summed E-state index contributed by atoms with van der Waals surface area (Å²) < 4.78 is 5.43. The Morgan fingerprint density at radius 2 is 2.26 bits per heavy atom. The lowest BCUT2D eigenvalue weighted by molar-refractivity contribution is -0.123. The maximum Gasteiger partial charge on any atom is 0.227 e. The molecule has 4 nitrogen and oxygen atoms in total. The van der Waals surface area contributed by atoms with Crippen LogP contribution in [-0.4, -0.2) is 39.3 Å². The highest BCUT2D eigenvalue weighted by Crippen LogP contribution is 2.35. The molecule has 1 amide bonds. The van der Waals surface area contributed by atoms with Gasteiger partial charge >= 0.3 is 0 Å². The molecule has 2 N–H and O–H groups in total. The molecule has 0 saturated carbocycles. The van der Waals surface area contributed by atoms with E-state index in [1.807, 2.05) is 0 Å². The van der Waals surface area contributed by atoms with E-state index in [1.165, 1.54) is 10.4 Å². The number of amides is 1. The van der Waals surface area contributed by atoms with Gasteiger partial charge in [-0.05, 0) is 62.2 Å². The number of ether oxygens (including phenoxy) is 1. The van der Waals surface area contributed by atoms with Gasteiger partial charge in [0.25, 0.3) is 0 Å². The van der Waals surface area contributed by atoms with E-state index in [9.17, 15) is 4.79 Å². The fourth-order valence-electron chi connectivity index (χ4n) is 3.79. The van der Waals surface area contributed by atoms with Gasteiger partial charge < -0.3 is 15.4 Å². The number of aryl methyl sites for hydroxylation is 1. The molecular weight excluding hydrogens is 332 g/mol. The Balaban J connectivity index is 0.00000192. The summed E-state index contributed by atoms with van der Waals surface area (Å²) in [7, 11) is 1.75. The predicted molar refractivity (Wildman–Crippen MR) is 96.7 cm³/mol. The molecule has 1 saturated heterocycles. The van der Waals surface area contributed by atoms with Crippen LogP contribution in [0.1, 0.15) is 42.0 Å².